The molecule has 0 aromatic heterocycles. The highest BCUT2D eigenvalue weighted by atomic mass is 32.2. The van der Waals surface area contributed by atoms with Crippen molar-refractivity contribution in [2.24, 2.45) is 0 Å². The lowest BCUT2D eigenvalue weighted by molar-refractivity contribution is -0.143. The third kappa shape index (κ3) is 7.00. The van der Waals surface area contributed by atoms with E-state index in [9.17, 15) is 23.1 Å². The van der Waals surface area contributed by atoms with E-state index in [0.717, 1.165) is 31.2 Å². The second-order valence-corrected chi connectivity index (χ2v) is 9.56. The lowest BCUT2D eigenvalue weighted by Gasteiger charge is -2.20. The fourth-order valence-electron chi connectivity index (χ4n) is 3.48. The summed E-state index contributed by atoms with van der Waals surface area (Å²) in [6.07, 6.45) is 4.22. The summed E-state index contributed by atoms with van der Waals surface area (Å²) in [5.74, 6) is -1.49. The minimum absolute atomic E-state index is 0.0322. The molecule has 1 aromatic carbocycles. The maximum Gasteiger partial charge on any atom is 0.306 e. The first-order valence-corrected chi connectivity index (χ1v) is 11.8. The van der Waals surface area contributed by atoms with Crippen molar-refractivity contribution < 1.29 is 27.9 Å². The van der Waals surface area contributed by atoms with Crippen molar-refractivity contribution in [2.45, 2.75) is 57.3 Å². The van der Waals surface area contributed by atoms with Gasteiger partial charge in [-0.2, -0.15) is 4.31 Å². The van der Waals surface area contributed by atoms with E-state index in [-0.39, 0.29) is 22.6 Å². The molecule has 0 radical (unpaired) electrons. The molecular formula is C22H30N2O6S. The fourth-order valence-corrected chi connectivity index (χ4v) is 5.00. The Labute approximate surface area is 183 Å². The molecule has 0 atom stereocenters. The maximum absolute atomic E-state index is 12.8. The van der Waals surface area contributed by atoms with Crippen molar-refractivity contribution in [3.8, 4) is 0 Å². The molecule has 0 amide bonds. The molecule has 0 aliphatic carbocycles. The van der Waals surface area contributed by atoms with Crippen molar-refractivity contribution in [3.63, 3.8) is 0 Å². The van der Waals surface area contributed by atoms with Crippen LogP contribution < -0.4 is 0 Å². The van der Waals surface area contributed by atoms with Crippen LogP contribution in [0, 0.1) is 5.41 Å². The maximum atomic E-state index is 12.8. The summed E-state index contributed by atoms with van der Waals surface area (Å²) in [7, 11) is -3.51. The van der Waals surface area contributed by atoms with Crippen LogP contribution in [0.3, 0.4) is 0 Å². The van der Waals surface area contributed by atoms with Crippen LogP contribution >= 0.6 is 0 Å². The molecule has 2 N–H and O–H groups in total. The van der Waals surface area contributed by atoms with Crippen molar-refractivity contribution in [1.82, 2.24) is 4.31 Å². The highest BCUT2D eigenvalue weighted by Crippen LogP contribution is 2.21. The number of rotatable bonds is 9. The molecule has 8 nitrogen and oxygen atoms in total. The van der Waals surface area contributed by atoms with Gasteiger partial charge < -0.3 is 15.3 Å². The van der Waals surface area contributed by atoms with E-state index in [1.54, 1.807) is 24.3 Å². The number of aliphatic hydroxyl groups excluding tert-OH is 1. The van der Waals surface area contributed by atoms with Gasteiger partial charge in [-0.3, -0.25) is 9.59 Å². The van der Waals surface area contributed by atoms with E-state index >= 15 is 0 Å². The predicted molar refractivity (Wildman–Crippen MR) is 117 cm³/mol. The molecule has 1 fully saturated rings. The number of allylic oxidation sites excluding steroid dienone is 1. The molecule has 0 unspecified atom stereocenters. The number of aliphatic hydroxyl groups is 1. The number of aryl methyl sites for hydroxylation is 1. The van der Waals surface area contributed by atoms with E-state index in [4.69, 9.17) is 10.1 Å². The summed E-state index contributed by atoms with van der Waals surface area (Å²) >= 11 is 0. The number of carbonyl (C=O) groups excluding carboxylic acids is 2. The first kappa shape index (κ1) is 24.7. The summed E-state index contributed by atoms with van der Waals surface area (Å²) in [6, 6.07) is 6.48. The summed E-state index contributed by atoms with van der Waals surface area (Å²) in [6.45, 7) is 3.20. The number of nitrogens with zero attached hydrogens (tertiary/aromatic N) is 1. The van der Waals surface area contributed by atoms with Crippen LogP contribution in [-0.2, 0) is 30.8 Å². The van der Waals surface area contributed by atoms with Gasteiger partial charge in [0.25, 0.3) is 0 Å². The Morgan fingerprint density at radius 3 is 2.16 bits per heavy atom. The highest BCUT2D eigenvalue weighted by Gasteiger charge is 2.25. The van der Waals surface area contributed by atoms with Gasteiger partial charge in [-0.1, -0.05) is 25.0 Å². The van der Waals surface area contributed by atoms with Crippen LogP contribution in [0.2, 0.25) is 0 Å². The first-order valence-electron chi connectivity index (χ1n) is 10.4. The van der Waals surface area contributed by atoms with Crippen LogP contribution in [-0.4, -0.2) is 55.0 Å². The van der Waals surface area contributed by atoms with Crippen molar-refractivity contribution in [2.75, 3.05) is 19.7 Å². The molecule has 170 valence electrons. The average Bonchev–Trinajstić information content (AvgIpc) is 3.00. The van der Waals surface area contributed by atoms with Gasteiger partial charge >= 0.3 is 5.97 Å². The van der Waals surface area contributed by atoms with Gasteiger partial charge in [-0.25, -0.2) is 8.42 Å². The Kier molecular flexibility index (Phi) is 8.94. The smallest absolute Gasteiger partial charge is 0.306 e. The molecule has 2 rings (SSSR count). The normalized spacial score (nSPS) is 16.2. The molecule has 0 bridgehead atoms. The summed E-state index contributed by atoms with van der Waals surface area (Å²) in [5, 5.41) is 17.4. The van der Waals surface area contributed by atoms with Crippen LogP contribution in [0.4, 0.5) is 0 Å². The van der Waals surface area contributed by atoms with Gasteiger partial charge in [0, 0.05) is 25.2 Å². The molecule has 1 aliphatic rings. The first-order chi connectivity index (χ1) is 14.6. The van der Waals surface area contributed by atoms with Gasteiger partial charge in [-0.15, -0.1) is 0 Å². The SMILES string of the molecule is CC(=N)/C(C(C)=O)=C(/O)COC(=O)CCc1ccc(S(=O)(=O)N2CCCCCC2)cc1. The quantitative estimate of drug-likeness (QED) is 0.258. The van der Waals surface area contributed by atoms with Gasteiger partial charge in [0.15, 0.2) is 5.78 Å². The molecular weight excluding hydrogens is 420 g/mol. The number of nitrogens with one attached hydrogen (secondary N) is 1. The van der Waals surface area contributed by atoms with E-state index in [1.807, 2.05) is 0 Å². The zero-order valence-electron chi connectivity index (χ0n) is 18.0. The zero-order chi connectivity index (χ0) is 23.0. The number of ketones is 1. The standard InChI is InChI=1S/C22H30N2O6S/c1-16(23)22(17(2)25)20(26)15-30-21(27)12-9-18-7-10-19(11-8-18)31(28,29)24-13-5-3-4-6-14-24/h7-8,10-11,23,26H,3-6,9,12-15H2,1-2H3/b22-20-,23-16?. The molecule has 1 aromatic rings. The lowest BCUT2D eigenvalue weighted by atomic mass is 10.1. The van der Waals surface area contributed by atoms with Gasteiger partial charge in [0.2, 0.25) is 10.0 Å². The Bertz CT molecular complexity index is 927. The second kappa shape index (κ2) is 11.2. The number of ether oxygens (including phenoxy) is 1. The van der Waals surface area contributed by atoms with Crippen LogP contribution in [0.5, 0.6) is 0 Å². The molecule has 31 heavy (non-hydrogen) atoms. The molecule has 0 spiro atoms. The highest BCUT2D eigenvalue weighted by molar-refractivity contribution is 7.89. The summed E-state index contributed by atoms with van der Waals surface area (Å²) in [4.78, 5) is 23.6. The monoisotopic (exact) mass is 450 g/mol. The van der Waals surface area contributed by atoms with E-state index in [1.165, 1.54) is 18.2 Å². The Balaban J connectivity index is 1.92. The van der Waals surface area contributed by atoms with Crippen molar-refractivity contribution >= 4 is 27.5 Å². The summed E-state index contributed by atoms with van der Waals surface area (Å²) < 4.78 is 32.1. The summed E-state index contributed by atoms with van der Waals surface area (Å²) in [5.41, 5.74) is 0.525. The number of carbonyl (C=O) groups is 2. The second-order valence-electron chi connectivity index (χ2n) is 7.63. The van der Waals surface area contributed by atoms with Crippen LogP contribution in [0.1, 0.15) is 51.5 Å². The van der Waals surface area contributed by atoms with Crippen LogP contribution in [0.25, 0.3) is 0 Å². The Morgan fingerprint density at radius 1 is 1.06 bits per heavy atom. The Hall–Kier alpha value is -2.52. The van der Waals surface area contributed by atoms with Crippen LogP contribution in [0.15, 0.2) is 40.5 Å². The van der Waals surface area contributed by atoms with E-state index in [0.29, 0.717) is 19.5 Å². The average molecular weight is 451 g/mol. The molecule has 1 heterocycles. The van der Waals surface area contributed by atoms with Crippen molar-refractivity contribution in [1.29, 1.82) is 5.41 Å². The van der Waals surface area contributed by atoms with Crippen molar-refractivity contribution in [3.05, 3.63) is 41.2 Å². The number of esters is 1. The third-order valence-corrected chi connectivity index (χ3v) is 7.04. The van der Waals surface area contributed by atoms with Gasteiger partial charge in [-0.05, 0) is 50.8 Å². The number of sulfonamides is 1. The molecule has 1 aliphatic heterocycles. The molecule has 9 heteroatoms. The van der Waals surface area contributed by atoms with Gasteiger partial charge in [0.1, 0.15) is 12.4 Å². The fraction of sp³-hybridized carbons (Fsp3) is 0.500. The number of hydrogen-bond acceptors (Lipinski definition) is 7. The zero-order valence-corrected chi connectivity index (χ0v) is 18.8. The molecule has 1 saturated heterocycles. The van der Waals surface area contributed by atoms with E-state index in [2.05, 4.69) is 0 Å². The topological polar surface area (TPSA) is 125 Å². The Morgan fingerprint density at radius 2 is 1.65 bits per heavy atom. The predicted octanol–water partition coefficient (Wildman–Crippen LogP) is 3.17. The van der Waals surface area contributed by atoms with E-state index < -0.39 is 34.1 Å². The van der Waals surface area contributed by atoms with Gasteiger partial charge in [0.05, 0.1) is 10.5 Å². The minimum Gasteiger partial charge on any atom is -0.508 e. The number of Topliss-reactive ketones (excluding diaryl/α,β-unsaturated/α-hetero) is 1. The minimum atomic E-state index is -3.51. The third-order valence-electron chi connectivity index (χ3n) is 5.13. The number of hydrogen-bond donors (Lipinski definition) is 2. The molecule has 0 saturated carbocycles. The largest absolute Gasteiger partial charge is 0.508 e. The lowest BCUT2D eigenvalue weighted by Crippen LogP contribution is -2.31. The number of benzene rings is 1.